The van der Waals surface area contributed by atoms with Crippen LogP contribution in [0.4, 0.5) is 0 Å². The first kappa shape index (κ1) is 27.0. The molecule has 2 aromatic carbocycles. The molecule has 0 heterocycles. The van der Waals surface area contributed by atoms with Crippen molar-refractivity contribution in [3.05, 3.63) is 59.2 Å². The quantitative estimate of drug-likeness (QED) is 0.138. The summed E-state index contributed by atoms with van der Waals surface area (Å²) in [5.74, 6) is 0.302. The summed E-state index contributed by atoms with van der Waals surface area (Å²) in [5, 5.41) is 9.11. The molecule has 35 heavy (non-hydrogen) atoms. The number of hydrogen-bond donors (Lipinski definition) is 0. The zero-order valence-electron chi connectivity index (χ0n) is 20.3. The van der Waals surface area contributed by atoms with Gasteiger partial charge in [-0.3, -0.25) is 0 Å². The maximum Gasteiger partial charge on any atom is 0.348 e. The molecule has 0 aliphatic carbocycles. The summed E-state index contributed by atoms with van der Waals surface area (Å²) in [6.07, 6.45) is 7.43. The number of carbonyl (C=O) groups excluding carboxylic acids is 2. The predicted octanol–water partition coefficient (Wildman–Crippen LogP) is 4.97. The molecule has 0 aromatic heterocycles. The van der Waals surface area contributed by atoms with Gasteiger partial charge < -0.3 is 23.7 Å². The van der Waals surface area contributed by atoms with Crippen LogP contribution >= 0.6 is 0 Å². The van der Waals surface area contributed by atoms with Gasteiger partial charge in [0.15, 0.2) is 23.0 Å². The molecule has 0 radical (unpaired) electrons. The zero-order chi connectivity index (χ0) is 25.6. The number of nitriles is 1. The molecule has 0 aliphatic heterocycles. The Labute approximate surface area is 205 Å². The van der Waals surface area contributed by atoms with Gasteiger partial charge >= 0.3 is 11.9 Å². The molecule has 2 aromatic rings. The third kappa shape index (κ3) is 8.23. The molecule has 0 bridgehead atoms. The van der Waals surface area contributed by atoms with Crippen molar-refractivity contribution in [2.24, 2.45) is 0 Å². The third-order valence-corrected chi connectivity index (χ3v) is 4.84. The summed E-state index contributed by atoms with van der Waals surface area (Å²) in [5.41, 5.74) is 1.07. The number of benzene rings is 2. The fourth-order valence-electron chi connectivity index (χ4n) is 3.02. The highest BCUT2D eigenvalue weighted by Crippen LogP contribution is 2.30. The van der Waals surface area contributed by atoms with E-state index in [1.165, 1.54) is 38.5 Å². The first-order valence-electron chi connectivity index (χ1n) is 11.0. The van der Waals surface area contributed by atoms with Gasteiger partial charge in [-0.15, -0.1) is 0 Å². The minimum atomic E-state index is -0.750. The molecule has 0 unspecified atom stereocenters. The molecule has 0 saturated heterocycles. The van der Waals surface area contributed by atoms with E-state index >= 15 is 0 Å². The van der Waals surface area contributed by atoms with Gasteiger partial charge in [-0.25, -0.2) is 9.59 Å². The highest BCUT2D eigenvalue weighted by Gasteiger charge is 2.12. The van der Waals surface area contributed by atoms with Crippen LogP contribution in [0, 0.1) is 11.3 Å². The van der Waals surface area contributed by atoms with E-state index in [1.54, 1.807) is 37.5 Å². The maximum atomic E-state index is 12.4. The Kier molecular flexibility index (Phi) is 10.9. The van der Waals surface area contributed by atoms with Crippen LogP contribution in [0.3, 0.4) is 0 Å². The molecular formula is C27H29NO7. The predicted molar refractivity (Wildman–Crippen MR) is 131 cm³/mol. The average molecular weight is 480 g/mol. The monoisotopic (exact) mass is 479 g/mol. The first-order valence-corrected chi connectivity index (χ1v) is 11.0. The lowest BCUT2D eigenvalue weighted by atomic mass is 10.1. The van der Waals surface area contributed by atoms with Crippen LogP contribution in [-0.2, 0) is 14.3 Å². The van der Waals surface area contributed by atoms with Crippen LogP contribution in [0.1, 0.15) is 37.3 Å². The fourth-order valence-corrected chi connectivity index (χ4v) is 3.02. The molecule has 0 spiro atoms. The number of carbonyl (C=O) groups is 2. The molecule has 0 saturated carbocycles. The van der Waals surface area contributed by atoms with E-state index in [9.17, 15) is 9.59 Å². The number of hydrogen-bond acceptors (Lipinski definition) is 8. The Morgan fingerprint density at radius 3 is 2.23 bits per heavy atom. The summed E-state index contributed by atoms with van der Waals surface area (Å²) >= 11 is 0. The number of unbranched alkanes of at least 4 members (excludes halogenated alkanes) is 2. The van der Waals surface area contributed by atoms with Gasteiger partial charge in [-0.05, 0) is 54.0 Å². The molecule has 0 aliphatic rings. The number of esters is 2. The smallest absolute Gasteiger partial charge is 0.348 e. The largest absolute Gasteiger partial charge is 0.493 e. The van der Waals surface area contributed by atoms with Crippen molar-refractivity contribution >= 4 is 24.1 Å². The van der Waals surface area contributed by atoms with Crippen LogP contribution in [0.2, 0.25) is 0 Å². The van der Waals surface area contributed by atoms with Crippen molar-refractivity contribution in [2.45, 2.75) is 26.2 Å². The minimum absolute atomic E-state index is 0.171. The van der Waals surface area contributed by atoms with Crippen LogP contribution in [0.25, 0.3) is 12.2 Å². The Balaban J connectivity index is 2.10. The Hall–Kier alpha value is -4.25. The molecule has 0 fully saturated rings. The van der Waals surface area contributed by atoms with Crippen molar-refractivity contribution in [1.82, 2.24) is 0 Å². The van der Waals surface area contributed by atoms with Crippen molar-refractivity contribution in [3.63, 3.8) is 0 Å². The molecule has 2 rings (SSSR count). The average Bonchev–Trinajstić information content (AvgIpc) is 2.89. The summed E-state index contributed by atoms with van der Waals surface area (Å²) < 4.78 is 26.4. The van der Waals surface area contributed by atoms with E-state index in [0.29, 0.717) is 23.7 Å². The highest BCUT2D eigenvalue weighted by atomic mass is 16.6. The van der Waals surface area contributed by atoms with Crippen molar-refractivity contribution in [1.29, 1.82) is 5.26 Å². The standard InChI is InChI=1S/C27H29NO7/c1-5-6-7-14-34-22-11-8-19(16-24(22)31-2)10-13-26(29)35-23-12-9-20(17-25(23)32-3)15-21(18-28)27(30)33-4/h8-13,15-17H,5-7,14H2,1-4H3/b13-10+,21-15+. The van der Waals surface area contributed by atoms with Crippen molar-refractivity contribution in [2.75, 3.05) is 27.9 Å². The van der Waals surface area contributed by atoms with Gasteiger partial charge in [-0.1, -0.05) is 31.9 Å². The second kappa shape index (κ2) is 14.1. The number of nitrogens with zero attached hydrogens (tertiary/aromatic N) is 1. The molecule has 184 valence electrons. The van der Waals surface area contributed by atoms with E-state index in [4.69, 9.17) is 24.2 Å². The van der Waals surface area contributed by atoms with Crippen LogP contribution in [-0.4, -0.2) is 39.9 Å². The second-order valence-corrected chi connectivity index (χ2v) is 7.29. The van der Waals surface area contributed by atoms with Crippen molar-refractivity contribution in [3.8, 4) is 29.1 Å². The third-order valence-electron chi connectivity index (χ3n) is 4.84. The molecule has 8 nitrogen and oxygen atoms in total. The number of ether oxygens (including phenoxy) is 5. The lowest BCUT2D eigenvalue weighted by Gasteiger charge is -2.11. The lowest BCUT2D eigenvalue weighted by Crippen LogP contribution is -2.05. The minimum Gasteiger partial charge on any atom is -0.493 e. The van der Waals surface area contributed by atoms with E-state index in [0.717, 1.165) is 24.8 Å². The Bertz CT molecular complexity index is 1130. The van der Waals surface area contributed by atoms with Crippen LogP contribution in [0.15, 0.2) is 48.0 Å². The van der Waals surface area contributed by atoms with Gasteiger partial charge in [0, 0.05) is 6.08 Å². The summed E-state index contributed by atoms with van der Waals surface area (Å²) in [7, 11) is 4.17. The lowest BCUT2D eigenvalue weighted by molar-refractivity contribution is -0.135. The summed E-state index contributed by atoms with van der Waals surface area (Å²) in [6, 6.07) is 11.8. The summed E-state index contributed by atoms with van der Waals surface area (Å²) in [4.78, 5) is 24.0. The Morgan fingerprint density at radius 1 is 0.914 bits per heavy atom. The molecule has 8 heteroatoms. The van der Waals surface area contributed by atoms with Gasteiger partial charge in [0.1, 0.15) is 11.6 Å². The fraction of sp³-hybridized carbons (Fsp3) is 0.296. The number of rotatable bonds is 12. The summed E-state index contributed by atoms with van der Waals surface area (Å²) in [6.45, 7) is 2.75. The molecule has 0 amide bonds. The zero-order valence-corrected chi connectivity index (χ0v) is 20.3. The second-order valence-electron chi connectivity index (χ2n) is 7.29. The van der Waals surface area contributed by atoms with Crippen LogP contribution in [0.5, 0.6) is 23.0 Å². The van der Waals surface area contributed by atoms with Gasteiger partial charge in [-0.2, -0.15) is 5.26 Å². The highest BCUT2D eigenvalue weighted by molar-refractivity contribution is 5.98. The van der Waals surface area contributed by atoms with Gasteiger partial charge in [0.05, 0.1) is 27.9 Å². The maximum absolute atomic E-state index is 12.4. The Morgan fingerprint density at radius 2 is 1.57 bits per heavy atom. The van der Waals surface area contributed by atoms with E-state index in [-0.39, 0.29) is 17.1 Å². The molecular weight excluding hydrogens is 450 g/mol. The topological polar surface area (TPSA) is 104 Å². The van der Waals surface area contributed by atoms with E-state index < -0.39 is 11.9 Å². The van der Waals surface area contributed by atoms with Gasteiger partial charge in [0.25, 0.3) is 0 Å². The normalized spacial score (nSPS) is 11.0. The van der Waals surface area contributed by atoms with E-state index in [2.05, 4.69) is 11.7 Å². The first-order chi connectivity index (χ1) is 16.9. The molecule has 0 N–H and O–H groups in total. The van der Waals surface area contributed by atoms with Gasteiger partial charge in [0.2, 0.25) is 0 Å². The van der Waals surface area contributed by atoms with Crippen LogP contribution < -0.4 is 18.9 Å². The number of methoxy groups -OCH3 is 3. The SMILES string of the molecule is CCCCCOc1ccc(/C=C/C(=O)Oc2ccc(/C=C(\C#N)C(=O)OC)cc2OC)cc1OC. The van der Waals surface area contributed by atoms with Crippen molar-refractivity contribution < 1.29 is 33.3 Å². The molecule has 0 atom stereocenters. The van der Waals surface area contributed by atoms with E-state index in [1.807, 2.05) is 6.07 Å².